The van der Waals surface area contributed by atoms with Gasteiger partial charge in [-0.1, -0.05) is 39.7 Å². The molecule has 2 heterocycles. The van der Waals surface area contributed by atoms with Gasteiger partial charge in [-0.25, -0.2) is 5.01 Å². The molecule has 2 atom stereocenters. The van der Waals surface area contributed by atoms with Crippen molar-refractivity contribution in [1.29, 1.82) is 0 Å². The Balaban J connectivity index is 1.58. The molecule has 0 aromatic heterocycles. The second kappa shape index (κ2) is 7.39. The molecule has 0 radical (unpaired) electrons. The average molecular weight is 470 g/mol. The lowest BCUT2D eigenvalue weighted by Gasteiger charge is -2.38. The van der Waals surface area contributed by atoms with Gasteiger partial charge < -0.3 is 9.47 Å². The lowest BCUT2D eigenvalue weighted by Crippen LogP contribution is -2.33. The van der Waals surface area contributed by atoms with Crippen molar-refractivity contribution in [3.05, 3.63) is 92.9 Å². The van der Waals surface area contributed by atoms with Crippen LogP contribution >= 0.6 is 27.5 Å². The highest BCUT2D eigenvalue weighted by Crippen LogP contribution is 2.48. The number of hydrogen-bond donors (Lipinski definition) is 0. The summed E-state index contributed by atoms with van der Waals surface area (Å²) >= 11 is 9.84. The minimum atomic E-state index is -0.330. The van der Waals surface area contributed by atoms with Crippen molar-refractivity contribution in [2.75, 3.05) is 7.11 Å². The van der Waals surface area contributed by atoms with Crippen LogP contribution in [0.5, 0.6) is 11.5 Å². The minimum absolute atomic E-state index is 0.0948. The van der Waals surface area contributed by atoms with Gasteiger partial charge in [-0.3, -0.25) is 0 Å². The molecule has 2 aliphatic rings. The molecule has 2 aliphatic heterocycles. The van der Waals surface area contributed by atoms with Crippen LogP contribution in [-0.2, 0) is 0 Å². The van der Waals surface area contributed by atoms with Gasteiger partial charge in [0.1, 0.15) is 11.5 Å². The quantitative estimate of drug-likeness (QED) is 0.448. The predicted octanol–water partition coefficient (Wildman–Crippen LogP) is 6.35. The van der Waals surface area contributed by atoms with Crippen LogP contribution < -0.4 is 9.47 Å². The Morgan fingerprint density at radius 3 is 2.69 bits per heavy atom. The van der Waals surface area contributed by atoms with Crippen molar-refractivity contribution in [3.63, 3.8) is 0 Å². The van der Waals surface area contributed by atoms with Crippen molar-refractivity contribution in [1.82, 2.24) is 5.01 Å². The van der Waals surface area contributed by atoms with Gasteiger partial charge in [-0.05, 0) is 60.2 Å². The van der Waals surface area contributed by atoms with Crippen molar-refractivity contribution < 1.29 is 9.47 Å². The Bertz CT molecular complexity index is 1100. The molecule has 0 bridgehead atoms. The van der Waals surface area contributed by atoms with Gasteiger partial charge in [0, 0.05) is 27.0 Å². The first-order valence-corrected chi connectivity index (χ1v) is 10.5. The summed E-state index contributed by atoms with van der Waals surface area (Å²) in [5, 5.41) is 7.72. The Kier molecular flexibility index (Phi) is 4.72. The van der Waals surface area contributed by atoms with E-state index in [2.05, 4.69) is 27.0 Å². The monoisotopic (exact) mass is 468 g/mol. The van der Waals surface area contributed by atoms with Gasteiger partial charge >= 0.3 is 0 Å². The molecular formula is C23H18BrClN2O2. The molecule has 2 unspecified atom stereocenters. The van der Waals surface area contributed by atoms with Crippen LogP contribution in [0.1, 0.15) is 35.4 Å². The third kappa shape index (κ3) is 3.38. The lowest BCUT2D eigenvalue weighted by atomic mass is 9.96. The van der Waals surface area contributed by atoms with E-state index >= 15 is 0 Å². The van der Waals surface area contributed by atoms with E-state index in [9.17, 15) is 0 Å². The standard InChI is InChI=1S/C23H18BrClN2O2/c1-28-18-8-5-14(6-9-18)20-13-21-19-12-16(24)7-10-22(19)29-23(27(21)26-20)15-3-2-4-17(25)11-15/h2-12,21,23H,13H2,1H3. The first-order valence-electron chi connectivity index (χ1n) is 9.34. The molecule has 146 valence electrons. The highest BCUT2D eigenvalue weighted by Gasteiger charge is 2.41. The summed E-state index contributed by atoms with van der Waals surface area (Å²) < 4.78 is 12.7. The van der Waals surface area contributed by atoms with E-state index < -0.39 is 0 Å². The first kappa shape index (κ1) is 18.5. The van der Waals surface area contributed by atoms with Gasteiger partial charge in [-0.2, -0.15) is 5.10 Å². The summed E-state index contributed by atoms with van der Waals surface area (Å²) in [6.45, 7) is 0. The highest BCUT2D eigenvalue weighted by atomic mass is 79.9. The Hall–Kier alpha value is -2.50. The van der Waals surface area contributed by atoms with E-state index in [0.29, 0.717) is 5.02 Å². The zero-order chi connectivity index (χ0) is 20.0. The topological polar surface area (TPSA) is 34.1 Å². The highest BCUT2D eigenvalue weighted by molar-refractivity contribution is 9.10. The number of rotatable bonds is 3. The van der Waals surface area contributed by atoms with Crippen LogP contribution in [0.3, 0.4) is 0 Å². The maximum atomic E-state index is 6.38. The normalized spacial score (nSPS) is 19.8. The van der Waals surface area contributed by atoms with Gasteiger partial charge in [0.15, 0.2) is 0 Å². The van der Waals surface area contributed by atoms with Crippen molar-refractivity contribution in [2.24, 2.45) is 5.10 Å². The van der Waals surface area contributed by atoms with E-state index in [1.54, 1.807) is 7.11 Å². The smallest absolute Gasteiger partial charge is 0.213 e. The summed E-state index contributed by atoms with van der Waals surface area (Å²) in [6, 6.07) is 22.0. The number of hydrazone groups is 1. The molecule has 0 saturated carbocycles. The molecule has 0 fully saturated rings. The van der Waals surface area contributed by atoms with E-state index in [1.807, 2.05) is 60.7 Å². The molecule has 3 aromatic rings. The number of nitrogens with zero attached hydrogens (tertiary/aromatic N) is 2. The second-order valence-electron chi connectivity index (χ2n) is 7.08. The molecule has 0 aliphatic carbocycles. The van der Waals surface area contributed by atoms with Crippen LogP contribution in [0.4, 0.5) is 0 Å². The predicted molar refractivity (Wildman–Crippen MR) is 118 cm³/mol. The maximum absolute atomic E-state index is 6.38. The van der Waals surface area contributed by atoms with E-state index in [4.69, 9.17) is 26.2 Å². The average Bonchev–Trinajstić information content (AvgIpc) is 3.19. The fraction of sp³-hybridized carbons (Fsp3) is 0.174. The maximum Gasteiger partial charge on any atom is 0.213 e. The largest absolute Gasteiger partial charge is 0.497 e. The summed E-state index contributed by atoms with van der Waals surface area (Å²) in [5.74, 6) is 1.71. The number of methoxy groups -OCH3 is 1. The lowest BCUT2D eigenvalue weighted by molar-refractivity contribution is -0.0190. The van der Waals surface area contributed by atoms with Gasteiger partial charge in [0.25, 0.3) is 0 Å². The third-order valence-electron chi connectivity index (χ3n) is 5.31. The number of ether oxygens (including phenoxy) is 2. The van der Waals surface area contributed by atoms with Crippen molar-refractivity contribution in [3.8, 4) is 11.5 Å². The van der Waals surface area contributed by atoms with Crippen LogP contribution in [-0.4, -0.2) is 17.8 Å². The zero-order valence-corrected chi connectivity index (χ0v) is 18.0. The fourth-order valence-electron chi connectivity index (χ4n) is 3.90. The van der Waals surface area contributed by atoms with E-state index in [1.165, 1.54) is 0 Å². The first-order chi connectivity index (χ1) is 14.1. The molecule has 5 rings (SSSR count). The molecule has 0 spiro atoms. The summed E-state index contributed by atoms with van der Waals surface area (Å²) in [5.41, 5.74) is 4.23. The fourth-order valence-corrected chi connectivity index (χ4v) is 4.47. The summed E-state index contributed by atoms with van der Waals surface area (Å²) in [6.07, 6.45) is 0.471. The summed E-state index contributed by atoms with van der Waals surface area (Å²) in [7, 11) is 1.67. The summed E-state index contributed by atoms with van der Waals surface area (Å²) in [4.78, 5) is 0. The minimum Gasteiger partial charge on any atom is -0.497 e. The van der Waals surface area contributed by atoms with Crippen molar-refractivity contribution in [2.45, 2.75) is 18.7 Å². The molecule has 0 saturated heterocycles. The van der Waals surface area contributed by atoms with Crippen LogP contribution in [0.25, 0.3) is 0 Å². The van der Waals surface area contributed by atoms with Crippen LogP contribution in [0.2, 0.25) is 5.02 Å². The molecule has 0 amide bonds. The molecule has 4 nitrogen and oxygen atoms in total. The number of halogens is 2. The number of benzene rings is 3. The SMILES string of the molecule is COc1ccc(C2=NN3C(C2)c2cc(Br)ccc2OC3c2cccc(Cl)c2)cc1. The van der Waals surface area contributed by atoms with Crippen molar-refractivity contribution >= 4 is 33.2 Å². The third-order valence-corrected chi connectivity index (χ3v) is 6.04. The molecule has 6 heteroatoms. The van der Waals surface area contributed by atoms with E-state index in [0.717, 1.165) is 44.8 Å². The van der Waals surface area contributed by atoms with E-state index in [-0.39, 0.29) is 12.3 Å². The number of hydrogen-bond acceptors (Lipinski definition) is 4. The molecule has 3 aromatic carbocycles. The second-order valence-corrected chi connectivity index (χ2v) is 8.43. The Morgan fingerprint density at radius 1 is 1.10 bits per heavy atom. The van der Waals surface area contributed by atoms with Crippen LogP contribution in [0, 0.1) is 0 Å². The van der Waals surface area contributed by atoms with Gasteiger partial charge in [0.2, 0.25) is 6.23 Å². The Labute approximate surface area is 182 Å². The molecule has 29 heavy (non-hydrogen) atoms. The van der Waals surface area contributed by atoms with Crippen LogP contribution in [0.15, 0.2) is 76.3 Å². The zero-order valence-electron chi connectivity index (χ0n) is 15.7. The molecular weight excluding hydrogens is 452 g/mol. The van der Waals surface area contributed by atoms with Gasteiger partial charge in [0.05, 0.1) is 18.9 Å². The Morgan fingerprint density at radius 2 is 1.93 bits per heavy atom. The van der Waals surface area contributed by atoms with Gasteiger partial charge in [-0.15, -0.1) is 0 Å². The molecule has 0 N–H and O–H groups in total. The number of fused-ring (bicyclic) bond motifs is 3.